The molecule has 5 heteroatoms. The molecule has 64 valence electrons. The number of aromatic amines is 1. The number of anilines is 1. The van der Waals surface area contributed by atoms with E-state index in [1.807, 2.05) is 6.92 Å². The van der Waals surface area contributed by atoms with Crippen LogP contribution in [0.25, 0.3) is 5.65 Å². The summed E-state index contributed by atoms with van der Waals surface area (Å²) in [6.07, 6.45) is 3.56. The van der Waals surface area contributed by atoms with Gasteiger partial charge in [0.15, 0.2) is 5.65 Å². The number of nitrogens with two attached hydrogens (primary N) is 1. The molecule has 0 aliphatic carbocycles. The number of aromatic nitrogens is 3. The number of nitrogens with zero attached hydrogens (tertiary/aromatic N) is 2. The van der Waals surface area contributed by atoms with Gasteiger partial charge >= 0.3 is 0 Å². The third-order valence-electron chi connectivity index (χ3n) is 1.63. The largest absolute Gasteiger partial charge is 0.475 e. The van der Waals surface area contributed by atoms with E-state index >= 15 is 0 Å². The summed E-state index contributed by atoms with van der Waals surface area (Å²) in [7, 11) is 0. The summed E-state index contributed by atoms with van der Waals surface area (Å²) in [5.74, 6) is 0.490. The molecule has 0 fully saturated rings. The van der Waals surface area contributed by atoms with Crippen molar-refractivity contribution in [2.24, 2.45) is 0 Å². The van der Waals surface area contributed by atoms with Crippen LogP contribution in [0.3, 0.4) is 0 Å². The molecule has 0 aliphatic rings. The first kappa shape index (κ1) is 7.02. The number of rotatable bonds is 2. The third-order valence-corrected chi connectivity index (χ3v) is 1.63. The van der Waals surface area contributed by atoms with Crippen LogP contribution in [0.4, 0.5) is 5.69 Å². The van der Waals surface area contributed by atoms with Crippen LogP contribution in [0.2, 0.25) is 0 Å². The van der Waals surface area contributed by atoms with Crippen LogP contribution in [0.1, 0.15) is 6.92 Å². The Morgan fingerprint density at radius 2 is 2.58 bits per heavy atom. The van der Waals surface area contributed by atoms with Gasteiger partial charge in [0.05, 0.1) is 6.61 Å². The third kappa shape index (κ3) is 0.827. The van der Waals surface area contributed by atoms with Gasteiger partial charge in [-0.2, -0.15) is 0 Å². The van der Waals surface area contributed by atoms with Crippen molar-refractivity contribution in [3.05, 3.63) is 12.4 Å². The number of nitrogen functional groups attached to an aromatic ring is 1. The predicted octanol–water partition coefficient (Wildman–Crippen LogP) is 0.643. The normalized spacial score (nSPS) is 10.8. The molecule has 2 aromatic heterocycles. The molecule has 2 heterocycles. The molecule has 2 rings (SSSR count). The average molecular weight is 166 g/mol. The van der Waals surface area contributed by atoms with Crippen molar-refractivity contribution in [3.8, 4) is 5.88 Å². The Hall–Kier alpha value is -1.65. The number of H-pyrrole nitrogens is 1. The molecule has 0 spiro atoms. The second-order valence-electron chi connectivity index (χ2n) is 2.41. The second-order valence-corrected chi connectivity index (χ2v) is 2.41. The lowest BCUT2D eigenvalue weighted by molar-refractivity contribution is 0.327. The summed E-state index contributed by atoms with van der Waals surface area (Å²) in [5.41, 5.74) is 7.06. The Labute approximate surface area is 69.1 Å². The molecule has 0 atom stereocenters. The molecular weight excluding hydrogens is 156 g/mol. The van der Waals surface area contributed by atoms with Gasteiger partial charge in [0.25, 0.3) is 5.88 Å². The molecule has 3 N–H and O–H groups in total. The molecule has 5 nitrogen and oxygen atoms in total. The summed E-state index contributed by atoms with van der Waals surface area (Å²) in [5, 5.41) is 4.10. The Kier molecular flexibility index (Phi) is 1.43. The Bertz CT molecular complexity index is 389. The minimum absolute atomic E-state index is 0.490. The van der Waals surface area contributed by atoms with Gasteiger partial charge in [-0.3, -0.25) is 0 Å². The van der Waals surface area contributed by atoms with Gasteiger partial charge in [0.2, 0.25) is 0 Å². The van der Waals surface area contributed by atoms with Gasteiger partial charge in [0, 0.05) is 12.4 Å². The van der Waals surface area contributed by atoms with Crippen LogP contribution < -0.4 is 10.5 Å². The van der Waals surface area contributed by atoms with E-state index in [2.05, 4.69) is 10.1 Å². The van der Waals surface area contributed by atoms with Gasteiger partial charge in [-0.1, -0.05) is 0 Å². The van der Waals surface area contributed by atoms with Crippen LogP contribution in [0.5, 0.6) is 5.88 Å². The van der Waals surface area contributed by atoms with Gasteiger partial charge in [0.1, 0.15) is 5.69 Å². The lowest BCUT2D eigenvalue weighted by atomic mass is 10.5. The maximum absolute atomic E-state index is 5.73. The van der Waals surface area contributed by atoms with Crippen molar-refractivity contribution in [1.82, 2.24) is 14.6 Å². The van der Waals surface area contributed by atoms with Crippen molar-refractivity contribution in [1.29, 1.82) is 0 Å². The molecule has 0 unspecified atom stereocenters. The van der Waals surface area contributed by atoms with Crippen molar-refractivity contribution in [2.45, 2.75) is 6.92 Å². The number of hydrogen-bond acceptors (Lipinski definition) is 3. The molecular formula is C7H10N4O. The first-order valence-corrected chi connectivity index (χ1v) is 3.77. The van der Waals surface area contributed by atoms with E-state index in [4.69, 9.17) is 10.5 Å². The van der Waals surface area contributed by atoms with E-state index in [1.165, 1.54) is 0 Å². The highest BCUT2D eigenvalue weighted by Gasteiger charge is 2.09. The zero-order valence-corrected chi connectivity index (χ0v) is 6.74. The van der Waals surface area contributed by atoms with Gasteiger partial charge in [-0.25, -0.2) is 4.52 Å². The molecule has 0 aromatic carbocycles. The summed E-state index contributed by atoms with van der Waals surface area (Å²) >= 11 is 0. The molecule has 0 saturated heterocycles. The summed E-state index contributed by atoms with van der Waals surface area (Å²) in [4.78, 5) is 2.96. The monoisotopic (exact) mass is 166 g/mol. The fraction of sp³-hybridized carbons (Fsp3) is 0.286. The van der Waals surface area contributed by atoms with Crippen molar-refractivity contribution in [3.63, 3.8) is 0 Å². The smallest absolute Gasteiger partial charge is 0.259 e. The maximum atomic E-state index is 5.73. The topological polar surface area (TPSA) is 68.3 Å². The second kappa shape index (κ2) is 2.44. The average Bonchev–Trinajstić information content (AvgIpc) is 2.58. The van der Waals surface area contributed by atoms with Gasteiger partial charge in [-0.05, 0) is 6.92 Å². The lowest BCUT2D eigenvalue weighted by Gasteiger charge is -1.96. The lowest BCUT2D eigenvalue weighted by Crippen LogP contribution is -1.95. The minimum Gasteiger partial charge on any atom is -0.475 e. The van der Waals surface area contributed by atoms with E-state index in [1.54, 1.807) is 16.9 Å². The Morgan fingerprint density at radius 1 is 1.75 bits per heavy atom. The van der Waals surface area contributed by atoms with Crippen LogP contribution in [-0.2, 0) is 0 Å². The number of imidazole rings is 1. The molecule has 0 saturated carbocycles. The van der Waals surface area contributed by atoms with E-state index in [0.29, 0.717) is 18.2 Å². The van der Waals surface area contributed by atoms with Crippen molar-refractivity contribution in [2.75, 3.05) is 12.3 Å². The highest BCUT2D eigenvalue weighted by Crippen LogP contribution is 2.23. The fourth-order valence-electron chi connectivity index (χ4n) is 1.11. The van der Waals surface area contributed by atoms with Gasteiger partial charge < -0.3 is 15.5 Å². The number of nitrogens with one attached hydrogen (secondary N) is 1. The molecule has 0 aliphatic heterocycles. The van der Waals surface area contributed by atoms with Crippen LogP contribution in [0.15, 0.2) is 12.4 Å². The Morgan fingerprint density at radius 3 is 3.25 bits per heavy atom. The van der Waals surface area contributed by atoms with E-state index in [0.717, 1.165) is 5.65 Å². The fourth-order valence-corrected chi connectivity index (χ4v) is 1.11. The zero-order chi connectivity index (χ0) is 8.55. The summed E-state index contributed by atoms with van der Waals surface area (Å²) < 4.78 is 6.86. The molecule has 0 radical (unpaired) electrons. The SMILES string of the molecule is CCOc1nn2cc[nH]c2c1N. The minimum atomic E-state index is 0.490. The van der Waals surface area contributed by atoms with Crippen molar-refractivity contribution >= 4 is 11.3 Å². The first-order chi connectivity index (χ1) is 5.83. The number of hydrogen-bond donors (Lipinski definition) is 2. The van der Waals surface area contributed by atoms with Gasteiger partial charge in [-0.15, -0.1) is 5.10 Å². The summed E-state index contributed by atoms with van der Waals surface area (Å²) in [6.45, 7) is 2.47. The summed E-state index contributed by atoms with van der Waals surface area (Å²) in [6, 6.07) is 0. The molecule has 0 bridgehead atoms. The molecule has 2 aromatic rings. The highest BCUT2D eigenvalue weighted by atomic mass is 16.5. The van der Waals surface area contributed by atoms with E-state index in [-0.39, 0.29) is 0 Å². The first-order valence-electron chi connectivity index (χ1n) is 3.77. The highest BCUT2D eigenvalue weighted by molar-refractivity contribution is 5.70. The quantitative estimate of drug-likeness (QED) is 0.688. The standard InChI is InChI=1S/C7H10N4O/c1-2-12-7-5(8)6-9-3-4-11(6)10-7/h3-4,9H,2,8H2,1H3. The zero-order valence-electron chi connectivity index (χ0n) is 6.74. The molecule has 0 amide bonds. The van der Waals surface area contributed by atoms with Crippen LogP contribution >= 0.6 is 0 Å². The van der Waals surface area contributed by atoms with Crippen LogP contribution in [0, 0.1) is 0 Å². The van der Waals surface area contributed by atoms with E-state index < -0.39 is 0 Å². The van der Waals surface area contributed by atoms with Crippen molar-refractivity contribution < 1.29 is 4.74 Å². The van der Waals surface area contributed by atoms with Crippen LogP contribution in [-0.4, -0.2) is 21.2 Å². The maximum Gasteiger partial charge on any atom is 0.259 e. The number of fused-ring (bicyclic) bond motifs is 1. The molecule has 12 heavy (non-hydrogen) atoms. The number of ether oxygens (including phenoxy) is 1. The predicted molar refractivity (Wildman–Crippen MR) is 45.1 cm³/mol. The Balaban J connectivity index is 2.55. The van der Waals surface area contributed by atoms with E-state index in [9.17, 15) is 0 Å².